The van der Waals surface area contributed by atoms with E-state index in [9.17, 15) is 5.11 Å². The van der Waals surface area contributed by atoms with E-state index in [0.717, 1.165) is 25.7 Å². The van der Waals surface area contributed by atoms with Gasteiger partial charge in [-0.1, -0.05) is 20.8 Å². The van der Waals surface area contributed by atoms with Crippen molar-refractivity contribution < 1.29 is 5.11 Å². The van der Waals surface area contributed by atoms with Crippen molar-refractivity contribution in [1.82, 2.24) is 0 Å². The highest BCUT2D eigenvalue weighted by molar-refractivity contribution is 4.92. The second-order valence-corrected chi connectivity index (χ2v) is 5.40. The third-order valence-corrected chi connectivity index (χ3v) is 3.74. The molecule has 0 saturated heterocycles. The second kappa shape index (κ2) is 3.58. The monoisotopic (exact) mass is 185 g/mol. The van der Waals surface area contributed by atoms with Crippen LogP contribution >= 0.6 is 0 Å². The zero-order chi connectivity index (χ0) is 10.1. The molecule has 13 heavy (non-hydrogen) atoms. The molecular weight excluding hydrogens is 162 g/mol. The van der Waals surface area contributed by atoms with Crippen molar-refractivity contribution in [3.63, 3.8) is 0 Å². The molecule has 1 aliphatic carbocycles. The van der Waals surface area contributed by atoms with Gasteiger partial charge in [0.05, 0.1) is 5.60 Å². The first kappa shape index (κ1) is 11.0. The van der Waals surface area contributed by atoms with E-state index < -0.39 is 5.60 Å². The predicted molar refractivity (Wildman–Crippen MR) is 55.4 cm³/mol. The van der Waals surface area contributed by atoms with Gasteiger partial charge in [0, 0.05) is 0 Å². The molecule has 1 fully saturated rings. The van der Waals surface area contributed by atoms with Crippen LogP contribution in [0.2, 0.25) is 0 Å². The topological polar surface area (TPSA) is 46.2 Å². The average Bonchev–Trinajstić information content (AvgIpc) is 2.09. The summed E-state index contributed by atoms with van der Waals surface area (Å²) in [6, 6.07) is 0. The lowest BCUT2D eigenvalue weighted by molar-refractivity contribution is -0.0634. The molecule has 1 aliphatic rings. The van der Waals surface area contributed by atoms with Gasteiger partial charge in [-0.2, -0.15) is 0 Å². The Kier molecular flexibility index (Phi) is 3.03. The van der Waals surface area contributed by atoms with Crippen LogP contribution in [0.1, 0.15) is 46.5 Å². The molecule has 1 unspecified atom stereocenters. The summed E-state index contributed by atoms with van der Waals surface area (Å²) in [5, 5.41) is 10.3. The Morgan fingerprint density at radius 1 is 1.23 bits per heavy atom. The van der Waals surface area contributed by atoms with Gasteiger partial charge >= 0.3 is 0 Å². The summed E-state index contributed by atoms with van der Waals surface area (Å²) < 4.78 is 0. The fraction of sp³-hybridized carbons (Fsp3) is 1.00. The summed E-state index contributed by atoms with van der Waals surface area (Å²) in [7, 11) is 0. The van der Waals surface area contributed by atoms with Gasteiger partial charge in [-0.25, -0.2) is 0 Å². The number of hydrogen-bond acceptors (Lipinski definition) is 2. The fourth-order valence-electron chi connectivity index (χ4n) is 2.07. The van der Waals surface area contributed by atoms with Crippen molar-refractivity contribution in [2.75, 3.05) is 6.54 Å². The van der Waals surface area contributed by atoms with Crippen molar-refractivity contribution >= 4 is 0 Å². The van der Waals surface area contributed by atoms with Gasteiger partial charge in [0.2, 0.25) is 0 Å². The minimum atomic E-state index is -0.482. The van der Waals surface area contributed by atoms with Crippen LogP contribution in [0.3, 0.4) is 0 Å². The smallest absolute Gasteiger partial charge is 0.0685 e. The molecule has 0 radical (unpaired) electrons. The standard InChI is InChI=1S/C11H23NO/c1-9(8-12)11(13)6-4-10(2,3)5-7-11/h9,13H,4-8,12H2,1-3H3. The van der Waals surface area contributed by atoms with Gasteiger partial charge in [0.15, 0.2) is 0 Å². The molecule has 0 heterocycles. The molecule has 0 spiro atoms. The molecule has 0 bridgehead atoms. The lowest BCUT2D eigenvalue weighted by atomic mass is 9.67. The van der Waals surface area contributed by atoms with Crippen LogP contribution in [-0.2, 0) is 0 Å². The lowest BCUT2D eigenvalue weighted by Crippen LogP contribution is -2.44. The maximum absolute atomic E-state index is 10.3. The molecule has 1 rings (SSSR count). The van der Waals surface area contributed by atoms with Gasteiger partial charge in [-0.05, 0) is 43.6 Å². The molecule has 1 atom stereocenters. The Morgan fingerprint density at radius 3 is 2.08 bits per heavy atom. The molecule has 0 aliphatic heterocycles. The van der Waals surface area contributed by atoms with Gasteiger partial charge in [-0.3, -0.25) is 0 Å². The molecule has 0 aromatic heterocycles. The molecule has 0 aromatic rings. The Balaban J connectivity index is 2.56. The molecule has 2 nitrogen and oxygen atoms in total. The summed E-state index contributed by atoms with van der Waals surface area (Å²) in [4.78, 5) is 0. The van der Waals surface area contributed by atoms with Crippen LogP contribution in [-0.4, -0.2) is 17.3 Å². The first-order valence-electron chi connectivity index (χ1n) is 5.32. The summed E-state index contributed by atoms with van der Waals surface area (Å²) in [6.45, 7) is 7.20. The lowest BCUT2D eigenvalue weighted by Gasteiger charge is -2.43. The van der Waals surface area contributed by atoms with Gasteiger partial charge < -0.3 is 10.8 Å². The summed E-state index contributed by atoms with van der Waals surface area (Å²) in [6.07, 6.45) is 4.07. The molecule has 1 saturated carbocycles. The largest absolute Gasteiger partial charge is 0.390 e. The second-order valence-electron chi connectivity index (χ2n) is 5.40. The molecule has 0 amide bonds. The highest BCUT2D eigenvalue weighted by Crippen LogP contribution is 2.42. The Hall–Kier alpha value is -0.0800. The highest BCUT2D eigenvalue weighted by Gasteiger charge is 2.39. The fourth-order valence-corrected chi connectivity index (χ4v) is 2.07. The van der Waals surface area contributed by atoms with Crippen LogP contribution in [0.25, 0.3) is 0 Å². The van der Waals surface area contributed by atoms with Gasteiger partial charge in [0.25, 0.3) is 0 Å². The van der Waals surface area contributed by atoms with E-state index in [4.69, 9.17) is 5.73 Å². The number of aliphatic hydroxyl groups is 1. The van der Waals surface area contributed by atoms with E-state index in [-0.39, 0.29) is 5.92 Å². The SMILES string of the molecule is CC(CN)C1(O)CCC(C)(C)CC1. The summed E-state index contributed by atoms with van der Waals surface area (Å²) >= 11 is 0. The van der Waals surface area contributed by atoms with Crippen molar-refractivity contribution in [1.29, 1.82) is 0 Å². The quantitative estimate of drug-likeness (QED) is 0.690. The Bertz CT molecular complexity index is 167. The zero-order valence-electron chi connectivity index (χ0n) is 9.14. The summed E-state index contributed by atoms with van der Waals surface area (Å²) in [5.74, 6) is 0.239. The van der Waals surface area contributed by atoms with E-state index in [2.05, 4.69) is 20.8 Å². The van der Waals surface area contributed by atoms with Crippen LogP contribution in [0, 0.1) is 11.3 Å². The van der Waals surface area contributed by atoms with Crippen LogP contribution in [0.15, 0.2) is 0 Å². The van der Waals surface area contributed by atoms with E-state index in [1.54, 1.807) is 0 Å². The zero-order valence-corrected chi connectivity index (χ0v) is 9.14. The molecular formula is C11H23NO. The third kappa shape index (κ3) is 2.44. The van der Waals surface area contributed by atoms with Gasteiger partial charge in [0.1, 0.15) is 0 Å². The first-order chi connectivity index (χ1) is 5.90. The number of rotatable bonds is 2. The number of hydrogen-bond donors (Lipinski definition) is 2. The normalized spacial score (nSPS) is 28.4. The van der Waals surface area contributed by atoms with E-state index in [0.29, 0.717) is 12.0 Å². The number of nitrogens with two attached hydrogens (primary N) is 1. The summed E-state index contributed by atoms with van der Waals surface area (Å²) in [5.41, 5.74) is 5.53. The van der Waals surface area contributed by atoms with Crippen LogP contribution < -0.4 is 5.73 Å². The van der Waals surface area contributed by atoms with E-state index >= 15 is 0 Å². The van der Waals surface area contributed by atoms with E-state index in [1.807, 2.05) is 0 Å². The third-order valence-electron chi connectivity index (χ3n) is 3.74. The first-order valence-corrected chi connectivity index (χ1v) is 5.32. The highest BCUT2D eigenvalue weighted by atomic mass is 16.3. The van der Waals surface area contributed by atoms with Crippen LogP contribution in [0.5, 0.6) is 0 Å². The van der Waals surface area contributed by atoms with Crippen molar-refractivity contribution in [3.8, 4) is 0 Å². The molecule has 78 valence electrons. The molecule has 0 aromatic carbocycles. The Labute approximate surface area is 81.5 Å². The molecule has 2 heteroatoms. The van der Waals surface area contributed by atoms with Crippen molar-refractivity contribution in [2.45, 2.75) is 52.1 Å². The van der Waals surface area contributed by atoms with Crippen molar-refractivity contribution in [3.05, 3.63) is 0 Å². The van der Waals surface area contributed by atoms with Crippen molar-refractivity contribution in [2.24, 2.45) is 17.1 Å². The minimum absolute atomic E-state index is 0.239. The maximum atomic E-state index is 10.3. The van der Waals surface area contributed by atoms with E-state index in [1.165, 1.54) is 0 Å². The predicted octanol–water partition coefficient (Wildman–Crippen LogP) is 1.91. The molecule has 3 N–H and O–H groups in total. The Morgan fingerprint density at radius 2 is 1.69 bits per heavy atom. The average molecular weight is 185 g/mol. The van der Waals surface area contributed by atoms with Gasteiger partial charge in [-0.15, -0.1) is 0 Å². The van der Waals surface area contributed by atoms with Crippen LogP contribution in [0.4, 0.5) is 0 Å². The minimum Gasteiger partial charge on any atom is -0.390 e. The maximum Gasteiger partial charge on any atom is 0.0685 e.